The lowest BCUT2D eigenvalue weighted by molar-refractivity contribution is 0.236. The quantitative estimate of drug-likeness (QED) is 0.829. The lowest BCUT2D eigenvalue weighted by Gasteiger charge is -2.23. The fourth-order valence-electron chi connectivity index (χ4n) is 1.72. The van der Waals surface area contributed by atoms with Crippen molar-refractivity contribution < 1.29 is 0 Å². The van der Waals surface area contributed by atoms with Crippen molar-refractivity contribution in [2.75, 3.05) is 7.05 Å². The molecule has 0 aliphatic heterocycles. The van der Waals surface area contributed by atoms with Gasteiger partial charge in [-0.1, -0.05) is 6.92 Å². The first kappa shape index (κ1) is 13.7. The minimum Gasteiger partial charge on any atom is -0.298 e. The summed E-state index contributed by atoms with van der Waals surface area (Å²) >= 11 is 3.63. The van der Waals surface area contributed by atoms with Crippen molar-refractivity contribution in [3.05, 3.63) is 15.9 Å². The second-order valence-electron chi connectivity index (χ2n) is 4.33. The summed E-state index contributed by atoms with van der Waals surface area (Å²) in [7, 11) is 2.17. The average Bonchev–Trinajstić information content (AvgIpc) is 2.55. The third kappa shape index (κ3) is 2.86. The second kappa shape index (κ2) is 5.82. The van der Waals surface area contributed by atoms with Crippen LogP contribution in [0.1, 0.15) is 38.6 Å². The summed E-state index contributed by atoms with van der Waals surface area (Å²) in [6, 6.07) is 0.604. The van der Waals surface area contributed by atoms with Crippen LogP contribution in [0.2, 0.25) is 0 Å². The Labute approximate surface area is 107 Å². The number of hydrogen-bond acceptors (Lipinski definition) is 2. The first-order chi connectivity index (χ1) is 7.51. The zero-order chi connectivity index (χ0) is 12.3. The maximum absolute atomic E-state index is 4.51. The lowest BCUT2D eigenvalue weighted by Crippen LogP contribution is -2.29. The third-order valence-electron chi connectivity index (χ3n) is 3.20. The van der Waals surface area contributed by atoms with E-state index in [9.17, 15) is 0 Å². The Balaban J connectivity index is 2.87. The van der Waals surface area contributed by atoms with E-state index in [1.54, 1.807) is 0 Å². The van der Waals surface area contributed by atoms with Gasteiger partial charge in [0.25, 0.3) is 0 Å². The molecule has 4 heteroatoms. The normalized spacial score (nSPS) is 13.4. The van der Waals surface area contributed by atoms with Crippen molar-refractivity contribution in [3.8, 4) is 0 Å². The largest absolute Gasteiger partial charge is 0.298 e. The molecule has 0 saturated heterocycles. The molecule has 1 heterocycles. The van der Waals surface area contributed by atoms with E-state index in [4.69, 9.17) is 0 Å². The second-order valence-corrected chi connectivity index (χ2v) is 5.13. The minimum atomic E-state index is 0.604. The van der Waals surface area contributed by atoms with Crippen LogP contribution in [0.15, 0.2) is 4.47 Å². The first-order valence-electron chi connectivity index (χ1n) is 5.93. The highest BCUT2D eigenvalue weighted by molar-refractivity contribution is 9.10. The summed E-state index contributed by atoms with van der Waals surface area (Å²) in [4.78, 5) is 2.37. The van der Waals surface area contributed by atoms with Crippen molar-refractivity contribution in [2.45, 2.75) is 53.2 Å². The van der Waals surface area contributed by atoms with Gasteiger partial charge in [0.05, 0.1) is 15.9 Å². The van der Waals surface area contributed by atoms with Gasteiger partial charge in [0, 0.05) is 19.1 Å². The lowest BCUT2D eigenvalue weighted by atomic mass is 10.2. The number of aromatic nitrogens is 2. The van der Waals surface area contributed by atoms with Crippen LogP contribution in [0.3, 0.4) is 0 Å². The van der Waals surface area contributed by atoms with Gasteiger partial charge in [-0.2, -0.15) is 5.10 Å². The maximum atomic E-state index is 4.51. The van der Waals surface area contributed by atoms with Gasteiger partial charge in [-0.05, 0) is 50.2 Å². The van der Waals surface area contributed by atoms with Crippen molar-refractivity contribution in [2.24, 2.45) is 0 Å². The molecule has 0 spiro atoms. The molecule has 1 atom stereocenters. The van der Waals surface area contributed by atoms with Crippen LogP contribution < -0.4 is 0 Å². The highest BCUT2D eigenvalue weighted by atomic mass is 79.9. The van der Waals surface area contributed by atoms with Crippen LogP contribution in [0.4, 0.5) is 0 Å². The fourth-order valence-corrected chi connectivity index (χ4v) is 2.13. The summed E-state index contributed by atoms with van der Waals surface area (Å²) in [5, 5.41) is 4.51. The zero-order valence-electron chi connectivity index (χ0n) is 10.9. The molecule has 16 heavy (non-hydrogen) atoms. The summed E-state index contributed by atoms with van der Waals surface area (Å²) in [5.74, 6) is 0. The maximum Gasteiger partial charge on any atom is 0.0739 e. The summed E-state index contributed by atoms with van der Waals surface area (Å²) in [6.45, 7) is 10.5. The Morgan fingerprint density at radius 1 is 1.44 bits per heavy atom. The number of hydrogen-bond donors (Lipinski definition) is 0. The molecule has 1 aromatic heterocycles. The predicted octanol–water partition coefficient (Wildman–Crippen LogP) is 3.20. The van der Waals surface area contributed by atoms with E-state index in [0.717, 1.165) is 23.3 Å². The van der Waals surface area contributed by atoms with E-state index < -0.39 is 0 Å². The molecule has 1 aromatic rings. The molecule has 0 radical (unpaired) electrons. The van der Waals surface area contributed by atoms with Crippen LogP contribution in [0.25, 0.3) is 0 Å². The molecule has 0 amide bonds. The zero-order valence-corrected chi connectivity index (χ0v) is 12.5. The molecule has 0 N–H and O–H groups in total. The van der Waals surface area contributed by atoms with E-state index in [1.165, 1.54) is 12.1 Å². The van der Waals surface area contributed by atoms with Gasteiger partial charge in [0.1, 0.15) is 0 Å². The highest BCUT2D eigenvalue weighted by Crippen LogP contribution is 2.22. The predicted molar refractivity (Wildman–Crippen MR) is 71.6 cm³/mol. The van der Waals surface area contributed by atoms with Crippen LogP contribution in [-0.4, -0.2) is 27.8 Å². The summed E-state index contributed by atoms with van der Waals surface area (Å²) in [6.07, 6.45) is 1.17. The van der Waals surface area contributed by atoms with E-state index in [-0.39, 0.29) is 0 Å². The van der Waals surface area contributed by atoms with E-state index in [2.05, 4.69) is 58.4 Å². The van der Waals surface area contributed by atoms with Gasteiger partial charge >= 0.3 is 0 Å². The third-order valence-corrected chi connectivity index (χ3v) is 4.23. The van der Waals surface area contributed by atoms with Crippen molar-refractivity contribution >= 4 is 15.9 Å². The van der Waals surface area contributed by atoms with Crippen molar-refractivity contribution in [3.63, 3.8) is 0 Å². The molecular weight excluding hydrogens is 266 g/mol. The molecule has 0 aromatic carbocycles. The Kier molecular flexibility index (Phi) is 4.99. The van der Waals surface area contributed by atoms with Gasteiger partial charge in [-0.3, -0.25) is 9.58 Å². The monoisotopic (exact) mass is 287 g/mol. The molecule has 0 saturated carbocycles. The van der Waals surface area contributed by atoms with Crippen LogP contribution in [0, 0.1) is 6.92 Å². The molecule has 1 unspecified atom stereocenters. The molecule has 0 bridgehead atoms. The van der Waals surface area contributed by atoms with E-state index in [0.29, 0.717) is 6.04 Å². The van der Waals surface area contributed by atoms with Crippen molar-refractivity contribution in [1.82, 2.24) is 14.7 Å². The average molecular weight is 288 g/mol. The van der Waals surface area contributed by atoms with Gasteiger partial charge in [-0.15, -0.1) is 0 Å². The Bertz CT molecular complexity index is 346. The number of nitrogens with zero attached hydrogens (tertiary/aromatic N) is 3. The number of rotatable bonds is 5. The summed E-state index contributed by atoms with van der Waals surface area (Å²) in [5.41, 5.74) is 2.36. The minimum absolute atomic E-state index is 0.604. The molecular formula is C12H22BrN3. The Morgan fingerprint density at radius 3 is 2.56 bits per heavy atom. The van der Waals surface area contributed by atoms with Crippen LogP contribution >= 0.6 is 15.9 Å². The molecule has 0 fully saturated rings. The number of halogens is 1. The van der Waals surface area contributed by atoms with Gasteiger partial charge < -0.3 is 0 Å². The Morgan fingerprint density at radius 2 is 2.06 bits per heavy atom. The Hall–Kier alpha value is -0.350. The van der Waals surface area contributed by atoms with E-state index >= 15 is 0 Å². The standard InChI is InChI=1S/C12H22BrN3/c1-6-9(3)15(5)8-11-12(13)10(4)14-16(11)7-2/h9H,6-8H2,1-5H3. The SMILES string of the molecule is CCC(C)N(C)Cc1c(Br)c(C)nn1CC. The van der Waals surface area contributed by atoms with Crippen LogP contribution in [0.5, 0.6) is 0 Å². The topological polar surface area (TPSA) is 21.1 Å². The molecule has 92 valence electrons. The van der Waals surface area contributed by atoms with Gasteiger partial charge in [0.2, 0.25) is 0 Å². The van der Waals surface area contributed by atoms with Gasteiger partial charge in [-0.25, -0.2) is 0 Å². The molecule has 0 aliphatic rings. The smallest absolute Gasteiger partial charge is 0.0739 e. The van der Waals surface area contributed by atoms with Crippen molar-refractivity contribution in [1.29, 1.82) is 0 Å². The van der Waals surface area contributed by atoms with Gasteiger partial charge in [0.15, 0.2) is 0 Å². The first-order valence-corrected chi connectivity index (χ1v) is 6.72. The number of aryl methyl sites for hydroxylation is 2. The fraction of sp³-hybridized carbons (Fsp3) is 0.750. The van der Waals surface area contributed by atoms with Crippen LogP contribution in [-0.2, 0) is 13.1 Å². The molecule has 3 nitrogen and oxygen atoms in total. The summed E-state index contributed by atoms with van der Waals surface area (Å²) < 4.78 is 3.24. The molecule has 1 rings (SSSR count). The van der Waals surface area contributed by atoms with E-state index in [1.807, 2.05) is 6.92 Å². The highest BCUT2D eigenvalue weighted by Gasteiger charge is 2.15. The molecule has 0 aliphatic carbocycles.